The first kappa shape index (κ1) is 15.3. The van der Waals surface area contributed by atoms with E-state index in [1.807, 2.05) is 35.2 Å². The molecule has 0 radical (unpaired) electrons. The van der Waals surface area contributed by atoms with Crippen LogP contribution in [0.1, 0.15) is 32.3 Å². The van der Waals surface area contributed by atoms with Crippen LogP contribution in [0.25, 0.3) is 6.08 Å². The highest BCUT2D eigenvalue weighted by Crippen LogP contribution is 2.12. The zero-order chi connectivity index (χ0) is 14.1. The van der Waals surface area contributed by atoms with Gasteiger partial charge in [0.1, 0.15) is 5.75 Å². The topological polar surface area (TPSA) is 29.5 Å². The van der Waals surface area contributed by atoms with Gasteiger partial charge in [0.25, 0.3) is 0 Å². The van der Waals surface area contributed by atoms with Crippen molar-refractivity contribution < 1.29 is 9.53 Å². The maximum Gasteiger partial charge on any atom is 0.246 e. The van der Waals surface area contributed by atoms with Gasteiger partial charge < -0.3 is 9.64 Å². The van der Waals surface area contributed by atoms with E-state index in [2.05, 4.69) is 13.8 Å². The minimum Gasteiger partial charge on any atom is -0.497 e. The Bertz CT molecular complexity index is 403. The van der Waals surface area contributed by atoms with Crippen molar-refractivity contribution in [2.75, 3.05) is 20.2 Å². The predicted octanol–water partition coefficient (Wildman–Crippen LogP) is 3.36. The first-order valence-corrected chi connectivity index (χ1v) is 6.82. The number of nitrogens with zero attached hydrogens (tertiary/aromatic N) is 1. The van der Waals surface area contributed by atoms with Crippen LogP contribution in [0, 0.1) is 0 Å². The Hall–Kier alpha value is -1.77. The summed E-state index contributed by atoms with van der Waals surface area (Å²) in [6.07, 6.45) is 5.47. The summed E-state index contributed by atoms with van der Waals surface area (Å²) in [4.78, 5) is 13.9. The molecule has 0 aromatic heterocycles. The van der Waals surface area contributed by atoms with Crippen molar-refractivity contribution in [3.05, 3.63) is 35.9 Å². The minimum absolute atomic E-state index is 0.0829. The van der Waals surface area contributed by atoms with E-state index in [0.29, 0.717) is 0 Å². The fourth-order valence-corrected chi connectivity index (χ4v) is 1.86. The van der Waals surface area contributed by atoms with E-state index in [4.69, 9.17) is 4.74 Å². The molecule has 3 nitrogen and oxygen atoms in total. The highest BCUT2D eigenvalue weighted by molar-refractivity contribution is 5.91. The number of rotatable bonds is 7. The lowest BCUT2D eigenvalue weighted by Gasteiger charge is -2.19. The quantitative estimate of drug-likeness (QED) is 0.704. The molecule has 0 atom stereocenters. The zero-order valence-electron chi connectivity index (χ0n) is 12.1. The Morgan fingerprint density at radius 1 is 1.16 bits per heavy atom. The van der Waals surface area contributed by atoms with Gasteiger partial charge in [0.05, 0.1) is 7.11 Å². The molecule has 1 aromatic rings. The van der Waals surface area contributed by atoms with Crippen molar-refractivity contribution in [2.45, 2.75) is 26.7 Å². The van der Waals surface area contributed by atoms with Crippen LogP contribution in [0.5, 0.6) is 5.75 Å². The van der Waals surface area contributed by atoms with E-state index in [0.717, 1.165) is 37.2 Å². The van der Waals surface area contributed by atoms with Crippen molar-refractivity contribution in [3.63, 3.8) is 0 Å². The summed E-state index contributed by atoms with van der Waals surface area (Å²) in [5.41, 5.74) is 1.00. The van der Waals surface area contributed by atoms with Crippen LogP contribution in [0.15, 0.2) is 30.3 Å². The first-order chi connectivity index (χ1) is 9.21. The molecule has 104 valence electrons. The molecule has 0 spiro atoms. The molecule has 1 amide bonds. The van der Waals surface area contributed by atoms with E-state index in [9.17, 15) is 4.79 Å². The van der Waals surface area contributed by atoms with Gasteiger partial charge in [0, 0.05) is 19.2 Å². The Morgan fingerprint density at radius 3 is 2.21 bits per heavy atom. The van der Waals surface area contributed by atoms with Crippen LogP contribution in [0.4, 0.5) is 0 Å². The smallest absolute Gasteiger partial charge is 0.246 e. The van der Waals surface area contributed by atoms with Gasteiger partial charge >= 0.3 is 0 Å². The lowest BCUT2D eigenvalue weighted by molar-refractivity contribution is -0.126. The summed E-state index contributed by atoms with van der Waals surface area (Å²) in [6.45, 7) is 5.81. The second-order valence-corrected chi connectivity index (χ2v) is 4.43. The number of ether oxygens (including phenoxy) is 1. The normalized spacial score (nSPS) is 10.7. The zero-order valence-corrected chi connectivity index (χ0v) is 12.1. The van der Waals surface area contributed by atoms with Gasteiger partial charge in [-0.2, -0.15) is 0 Å². The lowest BCUT2D eigenvalue weighted by Crippen LogP contribution is -2.30. The number of hydrogen-bond acceptors (Lipinski definition) is 2. The van der Waals surface area contributed by atoms with Crippen molar-refractivity contribution in [1.82, 2.24) is 4.90 Å². The molecule has 0 fully saturated rings. The van der Waals surface area contributed by atoms with Gasteiger partial charge in [-0.05, 0) is 36.6 Å². The summed E-state index contributed by atoms with van der Waals surface area (Å²) in [7, 11) is 1.64. The second-order valence-electron chi connectivity index (χ2n) is 4.43. The highest BCUT2D eigenvalue weighted by atomic mass is 16.5. The van der Waals surface area contributed by atoms with Crippen molar-refractivity contribution in [3.8, 4) is 5.75 Å². The molecule has 0 N–H and O–H groups in total. The Balaban J connectivity index is 2.64. The van der Waals surface area contributed by atoms with E-state index in [-0.39, 0.29) is 5.91 Å². The Labute approximate surface area is 115 Å². The largest absolute Gasteiger partial charge is 0.497 e. The van der Waals surface area contributed by atoms with Gasteiger partial charge in [-0.15, -0.1) is 0 Å². The molecular formula is C16H23NO2. The standard InChI is InChI=1S/C16H23NO2/c1-4-12-17(13-5-2)16(18)11-8-14-6-9-15(19-3)10-7-14/h6-11H,4-5,12-13H2,1-3H3/b11-8+. The molecule has 0 bridgehead atoms. The predicted molar refractivity (Wildman–Crippen MR) is 79.2 cm³/mol. The number of amides is 1. The molecule has 0 aliphatic heterocycles. The van der Waals surface area contributed by atoms with Crippen LogP contribution in [0.3, 0.4) is 0 Å². The average molecular weight is 261 g/mol. The number of benzene rings is 1. The van der Waals surface area contributed by atoms with Crippen LogP contribution in [-0.4, -0.2) is 31.0 Å². The molecule has 0 saturated carbocycles. The number of carbonyl (C=O) groups excluding carboxylic acids is 1. The fourth-order valence-electron chi connectivity index (χ4n) is 1.86. The third kappa shape index (κ3) is 5.16. The summed E-state index contributed by atoms with van der Waals surface area (Å²) in [6, 6.07) is 7.65. The van der Waals surface area contributed by atoms with Crippen LogP contribution < -0.4 is 4.74 Å². The molecule has 0 saturated heterocycles. The van der Waals surface area contributed by atoms with Crippen molar-refractivity contribution in [2.24, 2.45) is 0 Å². The Kier molecular flexibility index (Phi) is 6.72. The lowest BCUT2D eigenvalue weighted by atomic mass is 10.2. The number of hydrogen-bond donors (Lipinski definition) is 0. The van der Waals surface area contributed by atoms with Gasteiger partial charge in [-0.3, -0.25) is 4.79 Å². The first-order valence-electron chi connectivity index (χ1n) is 6.82. The maximum atomic E-state index is 12.0. The van der Waals surface area contributed by atoms with Crippen LogP contribution in [0.2, 0.25) is 0 Å². The molecule has 0 unspecified atom stereocenters. The number of methoxy groups -OCH3 is 1. The van der Waals surface area contributed by atoms with E-state index in [1.165, 1.54) is 0 Å². The van der Waals surface area contributed by atoms with Crippen molar-refractivity contribution >= 4 is 12.0 Å². The Morgan fingerprint density at radius 2 is 1.74 bits per heavy atom. The van der Waals surface area contributed by atoms with Gasteiger partial charge in [-0.25, -0.2) is 0 Å². The summed E-state index contributed by atoms with van der Waals surface area (Å²) < 4.78 is 5.10. The summed E-state index contributed by atoms with van der Waals surface area (Å²) in [5.74, 6) is 0.904. The molecule has 3 heteroatoms. The molecule has 1 rings (SSSR count). The van der Waals surface area contributed by atoms with Crippen LogP contribution in [-0.2, 0) is 4.79 Å². The van der Waals surface area contributed by atoms with E-state index in [1.54, 1.807) is 13.2 Å². The van der Waals surface area contributed by atoms with E-state index < -0.39 is 0 Å². The van der Waals surface area contributed by atoms with Crippen molar-refractivity contribution in [1.29, 1.82) is 0 Å². The summed E-state index contributed by atoms with van der Waals surface area (Å²) >= 11 is 0. The SMILES string of the molecule is CCCN(CCC)C(=O)/C=C/c1ccc(OC)cc1. The van der Waals surface area contributed by atoms with Crippen LogP contribution >= 0.6 is 0 Å². The van der Waals surface area contributed by atoms with Gasteiger partial charge in [0.15, 0.2) is 0 Å². The second kappa shape index (κ2) is 8.35. The fraction of sp³-hybridized carbons (Fsp3) is 0.438. The molecule has 0 aliphatic carbocycles. The monoisotopic (exact) mass is 261 g/mol. The molecule has 1 aromatic carbocycles. The molecule has 19 heavy (non-hydrogen) atoms. The molecule has 0 aliphatic rings. The number of carbonyl (C=O) groups is 1. The molecular weight excluding hydrogens is 238 g/mol. The third-order valence-electron chi connectivity index (χ3n) is 2.83. The van der Waals surface area contributed by atoms with E-state index >= 15 is 0 Å². The average Bonchev–Trinajstić information content (AvgIpc) is 2.45. The third-order valence-corrected chi connectivity index (χ3v) is 2.83. The van der Waals surface area contributed by atoms with Gasteiger partial charge in [-0.1, -0.05) is 26.0 Å². The molecule has 0 heterocycles. The minimum atomic E-state index is 0.0829. The van der Waals surface area contributed by atoms with Gasteiger partial charge in [0.2, 0.25) is 5.91 Å². The summed E-state index contributed by atoms with van der Waals surface area (Å²) in [5, 5.41) is 0. The highest BCUT2D eigenvalue weighted by Gasteiger charge is 2.07. The maximum absolute atomic E-state index is 12.0.